The van der Waals surface area contributed by atoms with Gasteiger partial charge in [0.2, 0.25) is 6.41 Å². The summed E-state index contributed by atoms with van der Waals surface area (Å²) >= 11 is 0. The molecule has 3 heterocycles. The maximum atomic E-state index is 4.99. The highest BCUT2D eigenvalue weighted by Crippen LogP contribution is 2.54. The molecule has 0 saturated carbocycles. The lowest BCUT2D eigenvalue weighted by atomic mass is 10.8. The largest absolute Gasteiger partial charge is 0.316 e. The Morgan fingerprint density at radius 3 is 1.83 bits per heavy atom. The summed E-state index contributed by atoms with van der Waals surface area (Å²) < 4.78 is 9.98. The van der Waals surface area contributed by atoms with Gasteiger partial charge in [-0.1, -0.05) is 0 Å². The first-order chi connectivity index (χ1) is 2.97. The molecule has 3 saturated heterocycles. The average molecular weight is 85.1 g/mol. The first-order valence-corrected chi connectivity index (χ1v) is 2.05. The van der Waals surface area contributed by atoms with Gasteiger partial charge in [0.05, 0.1) is 0 Å². The van der Waals surface area contributed by atoms with E-state index in [0.717, 1.165) is 0 Å². The van der Waals surface area contributed by atoms with Crippen LogP contribution in [0.2, 0.25) is 0 Å². The van der Waals surface area contributed by atoms with Crippen molar-refractivity contribution in [2.45, 2.75) is 18.9 Å². The average Bonchev–Trinajstić information content (AvgIpc) is 2.03. The van der Waals surface area contributed by atoms with Crippen molar-refractivity contribution in [3.05, 3.63) is 0 Å². The van der Waals surface area contributed by atoms with E-state index in [-0.39, 0.29) is 6.41 Å². The summed E-state index contributed by atoms with van der Waals surface area (Å²) in [4.78, 5) is 2.17. The van der Waals surface area contributed by atoms with Gasteiger partial charge in [-0.05, 0) is 0 Å². The molecular weight excluding hydrogens is 82.0 g/mol. The van der Waals surface area contributed by atoms with Gasteiger partial charge in [0.15, 0.2) is 12.5 Å². The van der Waals surface area contributed by atoms with Gasteiger partial charge < -0.3 is 9.47 Å². The summed E-state index contributed by atoms with van der Waals surface area (Å²) in [7, 11) is 0. The Bertz CT molecular complexity index is 86.2. The fraction of sp³-hybridized carbons (Fsp3) is 1.00. The van der Waals surface area contributed by atoms with Gasteiger partial charge in [-0.25, -0.2) is 0 Å². The predicted molar refractivity (Wildman–Crippen MR) is 15.4 cm³/mol. The van der Waals surface area contributed by atoms with Crippen LogP contribution in [0.1, 0.15) is 0 Å². The van der Waals surface area contributed by atoms with Crippen LogP contribution in [0.3, 0.4) is 0 Å². The Kier molecular flexibility index (Phi) is 0.143. The molecule has 3 rings (SSSR count). The third kappa shape index (κ3) is 0.0672. The van der Waals surface area contributed by atoms with Crippen molar-refractivity contribution < 1.29 is 9.47 Å². The molecule has 2 unspecified atom stereocenters. The topological polar surface area (TPSA) is 21.5 Å². The first kappa shape index (κ1) is 2.26. The zero-order valence-electron chi connectivity index (χ0n) is 3.00. The fourth-order valence-corrected chi connectivity index (χ4v) is 1.01. The van der Waals surface area contributed by atoms with Crippen LogP contribution in [-0.4, -0.2) is 23.8 Å². The molecule has 32 valence electrons. The zero-order valence-corrected chi connectivity index (χ0v) is 3.00. The minimum atomic E-state index is 0.0833. The third-order valence-electron chi connectivity index (χ3n) is 1.50. The second kappa shape index (κ2) is 0.381. The third-order valence-corrected chi connectivity index (χ3v) is 1.50. The normalized spacial score (nSPS) is 80.0. The lowest BCUT2D eigenvalue weighted by molar-refractivity contribution is -0.314. The first-order valence-electron chi connectivity index (χ1n) is 2.05. The predicted octanol–water partition coefficient (Wildman–Crippen LogP) is -0.702. The molecule has 3 aliphatic rings. The number of fused-ring (bicyclic) bond motifs is 1. The van der Waals surface area contributed by atoms with Gasteiger partial charge in [-0.2, -0.15) is 4.90 Å². The van der Waals surface area contributed by atoms with Gasteiger partial charge in [-0.15, -0.1) is 0 Å². The Morgan fingerprint density at radius 2 is 1.83 bits per heavy atom. The van der Waals surface area contributed by atoms with E-state index in [1.165, 1.54) is 0 Å². The van der Waals surface area contributed by atoms with Crippen LogP contribution in [0, 0.1) is 0 Å². The lowest BCUT2D eigenvalue weighted by Crippen LogP contribution is -2.42. The Labute approximate surface area is 34.4 Å². The molecule has 0 aromatic rings. The van der Waals surface area contributed by atoms with Gasteiger partial charge in [0, 0.05) is 0 Å². The molecule has 0 amide bonds. The van der Waals surface area contributed by atoms with Gasteiger partial charge in [0.1, 0.15) is 0 Å². The highest BCUT2D eigenvalue weighted by Gasteiger charge is 2.75. The number of rotatable bonds is 0. The van der Waals surface area contributed by atoms with Crippen LogP contribution in [0.4, 0.5) is 0 Å². The van der Waals surface area contributed by atoms with Crippen molar-refractivity contribution in [2.24, 2.45) is 0 Å². The molecule has 0 aliphatic carbocycles. The summed E-state index contributed by atoms with van der Waals surface area (Å²) in [6.45, 7) is 0. The van der Waals surface area contributed by atoms with Crippen LogP contribution >= 0.6 is 0 Å². The number of hydrogen-bond acceptors (Lipinski definition) is 3. The second-order valence-corrected chi connectivity index (χ2v) is 1.81. The summed E-state index contributed by atoms with van der Waals surface area (Å²) in [6.07, 6.45) is 0.852. The Balaban J connectivity index is 2.21. The Hall–Kier alpha value is -0.120. The standard InChI is InChI=1S/C3H3NO2/c5-1-2-4(1)3(5)6-2/h1-3H. The van der Waals surface area contributed by atoms with Crippen LogP contribution in [0.5, 0.6) is 0 Å². The van der Waals surface area contributed by atoms with E-state index in [0.29, 0.717) is 12.5 Å². The van der Waals surface area contributed by atoms with Crippen molar-refractivity contribution in [1.29, 1.82) is 0 Å². The highest BCUT2D eigenvalue weighted by atomic mass is 16.9. The second-order valence-electron chi connectivity index (χ2n) is 1.81. The molecule has 2 atom stereocenters. The molecule has 3 aliphatic heterocycles. The summed E-state index contributed by atoms with van der Waals surface area (Å²) in [6, 6.07) is 0. The van der Waals surface area contributed by atoms with Crippen LogP contribution in [0.25, 0.3) is 0 Å². The fourth-order valence-electron chi connectivity index (χ4n) is 1.01. The lowest BCUT2D eigenvalue weighted by Gasteiger charge is -2.27. The number of nitrogens with zero attached hydrogens (tertiary/aromatic N) is 1. The molecule has 0 spiro atoms. The zero-order chi connectivity index (χ0) is 3.72. The minimum absolute atomic E-state index is 0.0833. The molecule has 3 nitrogen and oxygen atoms in total. The van der Waals surface area contributed by atoms with E-state index in [1.807, 2.05) is 0 Å². The van der Waals surface area contributed by atoms with Crippen molar-refractivity contribution in [3.63, 3.8) is 0 Å². The Morgan fingerprint density at radius 1 is 1.17 bits per heavy atom. The van der Waals surface area contributed by atoms with Crippen molar-refractivity contribution in [2.75, 3.05) is 0 Å². The summed E-state index contributed by atoms with van der Waals surface area (Å²) in [5.41, 5.74) is 0. The van der Waals surface area contributed by atoms with E-state index in [4.69, 9.17) is 9.47 Å². The quantitative estimate of drug-likeness (QED) is 0.363. The minimum Gasteiger partial charge on any atom is -0.316 e. The van der Waals surface area contributed by atoms with Crippen molar-refractivity contribution >= 4 is 0 Å². The van der Waals surface area contributed by atoms with Crippen molar-refractivity contribution in [1.82, 2.24) is 4.90 Å². The molecular formula is C3H3NO2. The van der Waals surface area contributed by atoms with E-state index >= 15 is 0 Å². The smallest absolute Gasteiger partial charge is 0.226 e. The molecule has 0 N–H and O–H groups in total. The molecule has 0 radical (unpaired) electrons. The summed E-state index contributed by atoms with van der Waals surface area (Å²) in [5.74, 6) is 0. The van der Waals surface area contributed by atoms with E-state index in [9.17, 15) is 0 Å². The van der Waals surface area contributed by atoms with Crippen LogP contribution < -0.4 is 0 Å². The highest BCUT2D eigenvalue weighted by molar-refractivity contribution is 5.04. The summed E-state index contributed by atoms with van der Waals surface area (Å²) in [5, 5.41) is 0. The van der Waals surface area contributed by atoms with E-state index in [1.54, 1.807) is 0 Å². The van der Waals surface area contributed by atoms with Gasteiger partial charge in [0.25, 0.3) is 0 Å². The molecule has 0 bridgehead atoms. The van der Waals surface area contributed by atoms with Crippen molar-refractivity contribution in [3.8, 4) is 0 Å². The number of ether oxygens (including phenoxy) is 2. The van der Waals surface area contributed by atoms with Gasteiger partial charge >= 0.3 is 0 Å². The monoisotopic (exact) mass is 85.0 g/mol. The molecule has 6 heavy (non-hydrogen) atoms. The molecule has 3 fully saturated rings. The maximum absolute atomic E-state index is 4.99. The molecule has 0 aromatic carbocycles. The maximum Gasteiger partial charge on any atom is 0.226 e. The van der Waals surface area contributed by atoms with E-state index < -0.39 is 0 Å². The molecule has 3 heteroatoms. The molecule has 0 aromatic heterocycles. The van der Waals surface area contributed by atoms with Gasteiger partial charge in [-0.3, -0.25) is 0 Å². The SMILES string of the molecule is O1C2OC3C1N23. The van der Waals surface area contributed by atoms with E-state index in [2.05, 4.69) is 4.90 Å². The number of hydrogen-bond donors (Lipinski definition) is 0. The van der Waals surface area contributed by atoms with Crippen LogP contribution in [0.15, 0.2) is 0 Å². The van der Waals surface area contributed by atoms with Crippen LogP contribution in [-0.2, 0) is 9.47 Å².